The molecule has 3 N–H and O–H groups in total. The molecule has 0 saturated heterocycles. The molecular weight excluding hydrogens is 221 g/mol. The van der Waals surface area contributed by atoms with Crippen LogP contribution in [0.2, 0.25) is 0 Å². The Morgan fingerprint density at radius 1 is 1.41 bits per heavy atom. The summed E-state index contributed by atoms with van der Waals surface area (Å²) in [5, 5.41) is 7.84. The topological polar surface area (TPSA) is 68.8 Å². The summed E-state index contributed by atoms with van der Waals surface area (Å²) in [5.74, 6) is 5.24. The first-order chi connectivity index (χ1) is 8.19. The average molecular weight is 235 g/mol. The third-order valence-electron chi connectivity index (χ3n) is 2.54. The maximum absolute atomic E-state index is 12.8. The number of hydrazine groups is 1. The molecule has 90 valence electrons. The van der Waals surface area contributed by atoms with Crippen LogP contribution in [-0.4, -0.2) is 15.0 Å². The fourth-order valence-corrected chi connectivity index (χ4v) is 1.67. The zero-order chi connectivity index (χ0) is 12.3. The van der Waals surface area contributed by atoms with Crippen molar-refractivity contribution < 1.29 is 4.39 Å². The van der Waals surface area contributed by atoms with Crippen LogP contribution in [-0.2, 0) is 13.5 Å². The van der Waals surface area contributed by atoms with Gasteiger partial charge in [-0.1, -0.05) is 17.3 Å². The lowest BCUT2D eigenvalue weighted by Crippen LogP contribution is -2.29. The number of halogens is 1. The summed E-state index contributed by atoms with van der Waals surface area (Å²) < 4.78 is 14.4. The first-order valence-electron chi connectivity index (χ1n) is 5.26. The van der Waals surface area contributed by atoms with Crippen LogP contribution in [0, 0.1) is 5.82 Å². The van der Waals surface area contributed by atoms with Gasteiger partial charge in [-0.25, -0.2) is 4.39 Å². The first-order valence-corrected chi connectivity index (χ1v) is 5.26. The van der Waals surface area contributed by atoms with Gasteiger partial charge in [0, 0.05) is 19.7 Å². The molecule has 0 bridgehead atoms. The van der Waals surface area contributed by atoms with E-state index in [9.17, 15) is 4.39 Å². The first kappa shape index (κ1) is 11.7. The second-order valence-electron chi connectivity index (χ2n) is 3.86. The Bertz CT molecular complexity index is 479. The normalized spacial score (nSPS) is 12.6. The average Bonchev–Trinajstić information content (AvgIpc) is 2.73. The molecule has 1 aromatic heterocycles. The van der Waals surface area contributed by atoms with Crippen molar-refractivity contribution in [2.45, 2.75) is 12.5 Å². The number of nitrogens with zero attached hydrogens (tertiary/aromatic N) is 3. The zero-order valence-corrected chi connectivity index (χ0v) is 9.47. The van der Waals surface area contributed by atoms with Crippen molar-refractivity contribution in [3.63, 3.8) is 0 Å². The molecular formula is C11H14FN5. The van der Waals surface area contributed by atoms with E-state index in [1.165, 1.54) is 12.1 Å². The van der Waals surface area contributed by atoms with Crippen molar-refractivity contribution in [3.8, 4) is 0 Å². The Morgan fingerprint density at radius 3 is 2.65 bits per heavy atom. The number of benzene rings is 1. The van der Waals surface area contributed by atoms with Gasteiger partial charge >= 0.3 is 0 Å². The van der Waals surface area contributed by atoms with E-state index in [0.29, 0.717) is 6.42 Å². The maximum Gasteiger partial charge on any atom is 0.123 e. The summed E-state index contributed by atoms with van der Waals surface area (Å²) in [5.41, 5.74) is 4.45. The molecule has 1 atom stereocenters. The molecule has 0 spiro atoms. The van der Waals surface area contributed by atoms with Gasteiger partial charge in [0.2, 0.25) is 0 Å². The van der Waals surface area contributed by atoms with E-state index in [4.69, 9.17) is 5.84 Å². The third-order valence-corrected chi connectivity index (χ3v) is 2.54. The van der Waals surface area contributed by atoms with Gasteiger partial charge in [0.05, 0.1) is 11.7 Å². The molecule has 2 rings (SSSR count). The Balaban J connectivity index is 2.13. The van der Waals surface area contributed by atoms with E-state index >= 15 is 0 Å². The predicted octanol–water partition coefficient (Wildman–Crippen LogP) is 0.701. The number of nitrogens with two attached hydrogens (primary N) is 1. The molecule has 0 amide bonds. The van der Waals surface area contributed by atoms with Gasteiger partial charge in [0.25, 0.3) is 0 Å². The van der Waals surface area contributed by atoms with Gasteiger partial charge in [-0.15, -0.1) is 5.10 Å². The largest absolute Gasteiger partial charge is 0.271 e. The second-order valence-corrected chi connectivity index (χ2v) is 3.86. The zero-order valence-electron chi connectivity index (χ0n) is 9.47. The van der Waals surface area contributed by atoms with Crippen LogP contribution < -0.4 is 11.3 Å². The summed E-state index contributed by atoms with van der Waals surface area (Å²) in [6, 6.07) is 6.13. The number of nitrogens with one attached hydrogen (secondary N) is 1. The summed E-state index contributed by atoms with van der Waals surface area (Å²) in [4.78, 5) is 0. The highest BCUT2D eigenvalue weighted by Gasteiger charge is 2.12. The van der Waals surface area contributed by atoms with Crippen LogP contribution in [0.25, 0.3) is 0 Å². The van der Waals surface area contributed by atoms with Crippen molar-refractivity contribution in [3.05, 3.63) is 47.5 Å². The van der Waals surface area contributed by atoms with Crippen LogP contribution in [0.3, 0.4) is 0 Å². The Kier molecular flexibility index (Phi) is 3.46. The molecule has 0 aliphatic rings. The fraction of sp³-hybridized carbons (Fsp3) is 0.273. The van der Waals surface area contributed by atoms with Gasteiger partial charge in [0.15, 0.2) is 0 Å². The summed E-state index contributed by atoms with van der Waals surface area (Å²) in [6.07, 6.45) is 2.43. The van der Waals surface area contributed by atoms with Crippen molar-refractivity contribution in [2.75, 3.05) is 0 Å². The van der Waals surface area contributed by atoms with Crippen LogP contribution in [0.1, 0.15) is 17.3 Å². The number of aromatic nitrogens is 3. The summed E-state index contributed by atoms with van der Waals surface area (Å²) >= 11 is 0. The fourth-order valence-electron chi connectivity index (χ4n) is 1.67. The number of hydrogen-bond donors (Lipinski definition) is 2. The summed E-state index contributed by atoms with van der Waals surface area (Å²) in [6.45, 7) is 0. The number of rotatable bonds is 4. The minimum absolute atomic E-state index is 0.104. The highest BCUT2D eigenvalue weighted by molar-refractivity contribution is 5.21. The monoisotopic (exact) mass is 235 g/mol. The van der Waals surface area contributed by atoms with E-state index < -0.39 is 0 Å². The molecule has 0 fully saturated rings. The maximum atomic E-state index is 12.8. The van der Waals surface area contributed by atoms with Crippen LogP contribution in [0.5, 0.6) is 0 Å². The lowest BCUT2D eigenvalue weighted by molar-refractivity contribution is 0.543. The quantitative estimate of drug-likeness (QED) is 0.604. The summed E-state index contributed by atoms with van der Waals surface area (Å²) in [7, 11) is 1.80. The minimum Gasteiger partial charge on any atom is -0.271 e. The molecule has 1 aromatic carbocycles. The van der Waals surface area contributed by atoms with E-state index in [2.05, 4.69) is 15.7 Å². The highest BCUT2D eigenvalue weighted by Crippen LogP contribution is 2.16. The Hall–Kier alpha value is -1.79. The smallest absolute Gasteiger partial charge is 0.123 e. The SMILES string of the molecule is Cn1cc(CC(NN)c2ccc(F)cc2)nn1. The van der Waals surface area contributed by atoms with Gasteiger partial charge in [-0.05, 0) is 17.7 Å². The molecule has 6 heteroatoms. The van der Waals surface area contributed by atoms with Gasteiger partial charge in [-0.3, -0.25) is 16.0 Å². The predicted molar refractivity (Wildman–Crippen MR) is 61.2 cm³/mol. The lowest BCUT2D eigenvalue weighted by Gasteiger charge is -2.14. The molecule has 0 aliphatic carbocycles. The molecule has 0 saturated carbocycles. The van der Waals surface area contributed by atoms with E-state index in [0.717, 1.165) is 11.3 Å². The number of aryl methyl sites for hydroxylation is 1. The van der Waals surface area contributed by atoms with Crippen molar-refractivity contribution in [1.29, 1.82) is 0 Å². The van der Waals surface area contributed by atoms with E-state index in [-0.39, 0.29) is 11.9 Å². The standard InChI is InChI=1S/C11H14FN5/c1-17-7-10(15-16-17)6-11(14-13)8-2-4-9(12)5-3-8/h2-5,7,11,14H,6,13H2,1H3. The molecule has 5 nitrogen and oxygen atoms in total. The van der Waals surface area contributed by atoms with Gasteiger partial charge in [0.1, 0.15) is 5.82 Å². The van der Waals surface area contributed by atoms with Crippen LogP contribution >= 0.6 is 0 Å². The molecule has 1 heterocycles. The van der Waals surface area contributed by atoms with Crippen molar-refractivity contribution in [2.24, 2.45) is 12.9 Å². The van der Waals surface area contributed by atoms with E-state index in [1.807, 2.05) is 6.20 Å². The molecule has 17 heavy (non-hydrogen) atoms. The van der Waals surface area contributed by atoms with Crippen molar-refractivity contribution in [1.82, 2.24) is 20.4 Å². The van der Waals surface area contributed by atoms with Crippen LogP contribution in [0.15, 0.2) is 30.5 Å². The number of hydrogen-bond acceptors (Lipinski definition) is 4. The lowest BCUT2D eigenvalue weighted by atomic mass is 10.0. The second kappa shape index (κ2) is 5.03. The third kappa shape index (κ3) is 2.86. The molecule has 0 aliphatic heterocycles. The molecule has 2 aromatic rings. The molecule has 1 unspecified atom stereocenters. The van der Waals surface area contributed by atoms with Gasteiger partial charge < -0.3 is 0 Å². The minimum atomic E-state index is -0.260. The van der Waals surface area contributed by atoms with E-state index in [1.54, 1.807) is 23.9 Å². The molecule has 0 radical (unpaired) electrons. The highest BCUT2D eigenvalue weighted by atomic mass is 19.1. The Morgan fingerprint density at radius 2 is 2.12 bits per heavy atom. The Labute approximate surface area is 98.4 Å². The van der Waals surface area contributed by atoms with Crippen LogP contribution in [0.4, 0.5) is 4.39 Å². The van der Waals surface area contributed by atoms with Gasteiger partial charge in [-0.2, -0.15) is 0 Å². The van der Waals surface area contributed by atoms with Crippen molar-refractivity contribution >= 4 is 0 Å².